The van der Waals surface area contributed by atoms with Crippen molar-refractivity contribution in [1.29, 1.82) is 0 Å². The molecule has 88 valence electrons. The minimum Gasteiger partial charge on any atom is -0.493 e. The van der Waals surface area contributed by atoms with Crippen molar-refractivity contribution < 1.29 is 19.0 Å². The Balaban J connectivity index is 2.95. The Labute approximate surface area is 95.1 Å². The van der Waals surface area contributed by atoms with Gasteiger partial charge in [0.25, 0.3) is 0 Å². The van der Waals surface area contributed by atoms with Crippen LogP contribution in [0, 0.1) is 0 Å². The van der Waals surface area contributed by atoms with Crippen LogP contribution >= 0.6 is 0 Å². The van der Waals surface area contributed by atoms with Gasteiger partial charge in [0.1, 0.15) is 0 Å². The van der Waals surface area contributed by atoms with Gasteiger partial charge in [0.05, 0.1) is 14.2 Å². The Morgan fingerprint density at radius 3 is 2.19 bits per heavy atom. The standard InChI is InChI=1S/C12H16O4/c1-4-6-11(13)16-12-9(14-2)7-5-8-10(12)15-3/h5,7-8H,4,6H2,1-3H3. The van der Waals surface area contributed by atoms with Crippen LogP contribution in [0.4, 0.5) is 0 Å². The van der Waals surface area contributed by atoms with Crippen LogP contribution in [0.3, 0.4) is 0 Å². The molecule has 0 aliphatic carbocycles. The summed E-state index contributed by atoms with van der Waals surface area (Å²) < 4.78 is 15.4. The molecule has 1 aromatic rings. The van der Waals surface area contributed by atoms with Crippen LogP contribution in [0.2, 0.25) is 0 Å². The normalized spacial score (nSPS) is 9.69. The Kier molecular flexibility index (Phi) is 4.64. The first-order chi connectivity index (χ1) is 7.72. The van der Waals surface area contributed by atoms with Crippen molar-refractivity contribution in [3.8, 4) is 17.2 Å². The smallest absolute Gasteiger partial charge is 0.311 e. The second-order valence-electron chi connectivity index (χ2n) is 3.22. The summed E-state index contributed by atoms with van der Waals surface area (Å²) in [5, 5.41) is 0. The number of carbonyl (C=O) groups is 1. The van der Waals surface area contributed by atoms with Crippen molar-refractivity contribution in [2.45, 2.75) is 19.8 Å². The number of hydrogen-bond donors (Lipinski definition) is 0. The third-order valence-electron chi connectivity index (χ3n) is 2.05. The molecule has 0 N–H and O–H groups in total. The van der Waals surface area contributed by atoms with Crippen LogP contribution in [0.5, 0.6) is 17.2 Å². The summed E-state index contributed by atoms with van der Waals surface area (Å²) >= 11 is 0. The van der Waals surface area contributed by atoms with Gasteiger partial charge in [-0.05, 0) is 18.6 Å². The second-order valence-corrected chi connectivity index (χ2v) is 3.22. The molecular formula is C12H16O4. The Morgan fingerprint density at radius 1 is 1.19 bits per heavy atom. The van der Waals surface area contributed by atoms with Gasteiger partial charge >= 0.3 is 5.97 Å². The van der Waals surface area contributed by atoms with Crippen LogP contribution in [0.15, 0.2) is 18.2 Å². The average Bonchev–Trinajstić information content (AvgIpc) is 2.29. The molecule has 4 heteroatoms. The van der Waals surface area contributed by atoms with Gasteiger partial charge in [-0.2, -0.15) is 0 Å². The van der Waals surface area contributed by atoms with E-state index in [1.54, 1.807) is 18.2 Å². The van der Waals surface area contributed by atoms with E-state index in [2.05, 4.69) is 0 Å². The van der Waals surface area contributed by atoms with Crippen molar-refractivity contribution >= 4 is 5.97 Å². The summed E-state index contributed by atoms with van der Waals surface area (Å²) in [6.07, 6.45) is 1.12. The second kappa shape index (κ2) is 6.00. The molecule has 0 amide bonds. The lowest BCUT2D eigenvalue weighted by molar-refractivity contribution is -0.134. The molecule has 0 radical (unpaired) electrons. The largest absolute Gasteiger partial charge is 0.493 e. The van der Waals surface area contributed by atoms with Crippen molar-refractivity contribution in [2.75, 3.05) is 14.2 Å². The van der Waals surface area contributed by atoms with E-state index in [1.165, 1.54) is 14.2 Å². The van der Waals surface area contributed by atoms with E-state index in [0.717, 1.165) is 6.42 Å². The van der Waals surface area contributed by atoms with E-state index in [9.17, 15) is 4.79 Å². The fraction of sp³-hybridized carbons (Fsp3) is 0.417. The molecule has 0 atom stereocenters. The van der Waals surface area contributed by atoms with Gasteiger partial charge in [-0.1, -0.05) is 13.0 Å². The van der Waals surface area contributed by atoms with Gasteiger partial charge in [0.15, 0.2) is 11.5 Å². The van der Waals surface area contributed by atoms with Crippen molar-refractivity contribution in [2.24, 2.45) is 0 Å². The minimum absolute atomic E-state index is 0.287. The lowest BCUT2D eigenvalue weighted by Gasteiger charge is -2.12. The number of benzene rings is 1. The van der Waals surface area contributed by atoms with Crippen molar-refractivity contribution in [1.82, 2.24) is 0 Å². The zero-order chi connectivity index (χ0) is 12.0. The fourth-order valence-corrected chi connectivity index (χ4v) is 1.29. The first kappa shape index (κ1) is 12.4. The number of para-hydroxylation sites is 1. The number of hydrogen-bond acceptors (Lipinski definition) is 4. The third kappa shape index (κ3) is 2.89. The highest BCUT2D eigenvalue weighted by Crippen LogP contribution is 2.36. The average molecular weight is 224 g/mol. The SMILES string of the molecule is CCCC(=O)Oc1c(OC)cccc1OC. The van der Waals surface area contributed by atoms with Crippen LogP contribution in [-0.2, 0) is 4.79 Å². The molecule has 1 aromatic carbocycles. The fourth-order valence-electron chi connectivity index (χ4n) is 1.29. The zero-order valence-corrected chi connectivity index (χ0v) is 9.78. The molecule has 0 aliphatic rings. The number of carbonyl (C=O) groups excluding carboxylic acids is 1. The van der Waals surface area contributed by atoms with Crippen LogP contribution < -0.4 is 14.2 Å². The number of methoxy groups -OCH3 is 2. The number of rotatable bonds is 5. The Morgan fingerprint density at radius 2 is 1.75 bits per heavy atom. The predicted octanol–water partition coefficient (Wildman–Crippen LogP) is 2.41. The summed E-state index contributed by atoms with van der Waals surface area (Å²) in [6.45, 7) is 1.92. The van der Waals surface area contributed by atoms with E-state index in [-0.39, 0.29) is 5.97 Å². The number of esters is 1. The topological polar surface area (TPSA) is 44.8 Å². The summed E-state index contributed by atoms with van der Waals surface area (Å²) in [6, 6.07) is 5.21. The van der Waals surface area contributed by atoms with E-state index in [4.69, 9.17) is 14.2 Å². The summed E-state index contributed by atoms with van der Waals surface area (Å²) in [7, 11) is 3.04. The molecule has 0 saturated carbocycles. The van der Waals surface area contributed by atoms with Gasteiger partial charge in [0.2, 0.25) is 5.75 Å². The molecule has 0 aromatic heterocycles. The molecule has 0 unspecified atom stereocenters. The predicted molar refractivity (Wildman–Crippen MR) is 60.1 cm³/mol. The molecule has 0 saturated heterocycles. The Bertz CT molecular complexity index is 338. The quantitative estimate of drug-likeness (QED) is 0.569. The molecule has 0 aliphatic heterocycles. The van der Waals surface area contributed by atoms with Gasteiger partial charge in [0, 0.05) is 6.42 Å². The third-order valence-corrected chi connectivity index (χ3v) is 2.05. The minimum atomic E-state index is -0.287. The molecule has 1 rings (SSSR count). The van der Waals surface area contributed by atoms with Gasteiger partial charge in [-0.15, -0.1) is 0 Å². The molecule has 16 heavy (non-hydrogen) atoms. The lowest BCUT2D eigenvalue weighted by atomic mass is 10.3. The number of ether oxygens (including phenoxy) is 3. The summed E-state index contributed by atoms with van der Waals surface area (Å²) in [5.74, 6) is 1.03. The zero-order valence-electron chi connectivity index (χ0n) is 9.78. The highest BCUT2D eigenvalue weighted by Gasteiger charge is 2.14. The summed E-state index contributed by atoms with van der Waals surface area (Å²) in [5.41, 5.74) is 0. The maximum Gasteiger partial charge on any atom is 0.311 e. The van der Waals surface area contributed by atoms with Crippen LogP contribution in [-0.4, -0.2) is 20.2 Å². The molecule has 4 nitrogen and oxygen atoms in total. The van der Waals surface area contributed by atoms with Gasteiger partial charge in [-0.3, -0.25) is 4.79 Å². The molecular weight excluding hydrogens is 208 g/mol. The van der Waals surface area contributed by atoms with Crippen LogP contribution in [0.1, 0.15) is 19.8 Å². The van der Waals surface area contributed by atoms with Crippen molar-refractivity contribution in [3.63, 3.8) is 0 Å². The highest BCUT2D eigenvalue weighted by molar-refractivity contribution is 5.74. The maximum absolute atomic E-state index is 11.4. The monoisotopic (exact) mass is 224 g/mol. The first-order valence-corrected chi connectivity index (χ1v) is 5.14. The van der Waals surface area contributed by atoms with Gasteiger partial charge < -0.3 is 14.2 Å². The Hall–Kier alpha value is -1.71. The van der Waals surface area contributed by atoms with Crippen LogP contribution in [0.25, 0.3) is 0 Å². The molecule has 0 spiro atoms. The van der Waals surface area contributed by atoms with Gasteiger partial charge in [-0.25, -0.2) is 0 Å². The first-order valence-electron chi connectivity index (χ1n) is 5.14. The summed E-state index contributed by atoms with van der Waals surface area (Å²) in [4.78, 5) is 11.4. The highest BCUT2D eigenvalue weighted by atomic mass is 16.6. The maximum atomic E-state index is 11.4. The van der Waals surface area contributed by atoms with E-state index >= 15 is 0 Å². The van der Waals surface area contributed by atoms with Crippen molar-refractivity contribution in [3.05, 3.63) is 18.2 Å². The van der Waals surface area contributed by atoms with E-state index < -0.39 is 0 Å². The molecule has 0 bridgehead atoms. The molecule has 0 fully saturated rings. The van der Waals surface area contributed by atoms with E-state index in [1.807, 2.05) is 6.92 Å². The molecule has 0 heterocycles. The lowest BCUT2D eigenvalue weighted by Crippen LogP contribution is -2.08. The van der Waals surface area contributed by atoms with E-state index in [0.29, 0.717) is 23.7 Å².